The summed E-state index contributed by atoms with van der Waals surface area (Å²) in [7, 11) is 0. The molecule has 2 N–H and O–H groups in total. The summed E-state index contributed by atoms with van der Waals surface area (Å²) in [6, 6.07) is 0. The first-order chi connectivity index (χ1) is 5.20. The number of aliphatic hydroxyl groups excluding tert-OH is 2. The molecule has 0 aromatic heterocycles. The molecule has 0 radical (unpaired) electrons. The molecule has 0 saturated carbocycles. The summed E-state index contributed by atoms with van der Waals surface area (Å²) >= 11 is 2.03. The van der Waals surface area contributed by atoms with Gasteiger partial charge in [-0.2, -0.15) is 0 Å². The Labute approximate surface area is 77.6 Å². The lowest BCUT2D eigenvalue weighted by atomic mass is 10.0. The van der Waals surface area contributed by atoms with E-state index in [-0.39, 0.29) is 16.3 Å². The number of alkyl halides is 1. The van der Waals surface area contributed by atoms with Gasteiger partial charge in [-0.3, -0.25) is 0 Å². The number of halogens is 1. The molecule has 2 bridgehead atoms. The van der Waals surface area contributed by atoms with Crippen LogP contribution >= 0.6 is 22.6 Å². The highest BCUT2D eigenvalue weighted by molar-refractivity contribution is 14.1. The molecule has 2 saturated heterocycles. The summed E-state index contributed by atoms with van der Waals surface area (Å²) in [6.07, 6.45) is -2.18. The molecule has 4 nitrogen and oxygen atoms in total. The fraction of sp³-hybridized carbons (Fsp3) is 1.00. The number of ether oxygens (including phenoxy) is 2. The first-order valence-corrected chi connectivity index (χ1v) is 4.72. The summed E-state index contributed by atoms with van der Waals surface area (Å²) in [4.78, 5) is 0. The Balaban J connectivity index is 2.16. The van der Waals surface area contributed by atoms with E-state index in [1.807, 2.05) is 22.6 Å². The third-order valence-corrected chi connectivity index (χ3v) is 3.37. The average Bonchev–Trinajstić information content (AvgIpc) is 2.44. The third kappa shape index (κ3) is 1.19. The predicted molar refractivity (Wildman–Crippen MR) is 44.4 cm³/mol. The van der Waals surface area contributed by atoms with Gasteiger partial charge in [-0.25, -0.2) is 0 Å². The predicted octanol–water partition coefficient (Wildman–Crippen LogP) is -0.733. The number of hydrogen-bond acceptors (Lipinski definition) is 4. The van der Waals surface area contributed by atoms with E-state index >= 15 is 0 Å². The molecule has 0 aromatic carbocycles. The van der Waals surface area contributed by atoms with Gasteiger partial charge in [0.05, 0.1) is 16.6 Å². The van der Waals surface area contributed by atoms with Crippen LogP contribution in [0.5, 0.6) is 0 Å². The van der Waals surface area contributed by atoms with Crippen molar-refractivity contribution in [3.63, 3.8) is 0 Å². The van der Waals surface area contributed by atoms with Gasteiger partial charge >= 0.3 is 0 Å². The van der Waals surface area contributed by atoms with Crippen molar-refractivity contribution in [2.45, 2.75) is 28.5 Å². The van der Waals surface area contributed by atoms with E-state index in [0.29, 0.717) is 6.61 Å². The van der Waals surface area contributed by atoms with Crippen LogP contribution in [0.1, 0.15) is 0 Å². The van der Waals surface area contributed by atoms with Crippen molar-refractivity contribution in [1.29, 1.82) is 0 Å². The lowest BCUT2D eigenvalue weighted by Gasteiger charge is -2.32. The Morgan fingerprint density at radius 2 is 2.00 bits per heavy atom. The minimum absolute atomic E-state index is 0.165. The second kappa shape index (κ2) is 2.81. The molecular weight excluding hydrogens is 263 g/mol. The quantitative estimate of drug-likeness (QED) is 0.451. The molecule has 2 aliphatic heterocycles. The van der Waals surface area contributed by atoms with Gasteiger partial charge in [0, 0.05) is 0 Å². The molecule has 11 heavy (non-hydrogen) atoms. The molecule has 2 rings (SSSR count). The molecule has 2 aliphatic rings. The number of hydrogen-bond donors (Lipinski definition) is 2. The molecule has 0 aromatic rings. The van der Waals surface area contributed by atoms with Crippen LogP contribution in [0.25, 0.3) is 0 Å². The maximum absolute atomic E-state index is 9.41. The van der Waals surface area contributed by atoms with Gasteiger partial charge in [-0.1, -0.05) is 22.6 Å². The van der Waals surface area contributed by atoms with Crippen molar-refractivity contribution in [2.75, 3.05) is 6.61 Å². The summed E-state index contributed by atoms with van der Waals surface area (Å²) in [5.74, 6) is 0. The molecule has 2 heterocycles. The van der Waals surface area contributed by atoms with E-state index in [1.165, 1.54) is 0 Å². The monoisotopic (exact) mass is 272 g/mol. The van der Waals surface area contributed by atoms with Crippen LogP contribution in [0.4, 0.5) is 0 Å². The van der Waals surface area contributed by atoms with E-state index in [2.05, 4.69) is 0 Å². The highest BCUT2D eigenvalue weighted by Gasteiger charge is 2.48. The van der Waals surface area contributed by atoms with Crippen LogP contribution in [-0.2, 0) is 9.47 Å². The average molecular weight is 272 g/mol. The van der Waals surface area contributed by atoms with Crippen LogP contribution in [-0.4, -0.2) is 45.3 Å². The molecule has 0 unspecified atom stereocenters. The molecule has 5 atom stereocenters. The first kappa shape index (κ1) is 8.18. The number of rotatable bonds is 0. The second-order valence-electron chi connectivity index (χ2n) is 2.80. The van der Waals surface area contributed by atoms with E-state index < -0.39 is 12.2 Å². The van der Waals surface area contributed by atoms with Gasteiger partial charge < -0.3 is 19.7 Å². The van der Waals surface area contributed by atoms with E-state index in [9.17, 15) is 10.2 Å². The standard InChI is InChI=1S/C6H9IO4/c7-3-5(9)4(8)2-1-10-6(3)11-2/h2-6,8-9H,1H2/t2-,3-,4+,5-,6-/m1/s1. The minimum atomic E-state index is -0.796. The molecule has 5 heteroatoms. The largest absolute Gasteiger partial charge is 0.389 e. The summed E-state index contributed by atoms with van der Waals surface area (Å²) in [5, 5.41) is 18.8. The first-order valence-electron chi connectivity index (χ1n) is 3.47. The summed E-state index contributed by atoms with van der Waals surface area (Å²) < 4.78 is 10.3. The lowest BCUT2D eigenvalue weighted by molar-refractivity contribution is -0.156. The highest BCUT2D eigenvalue weighted by atomic mass is 127. The Kier molecular flexibility index (Phi) is 2.09. The highest BCUT2D eigenvalue weighted by Crippen LogP contribution is 2.32. The van der Waals surface area contributed by atoms with Crippen molar-refractivity contribution in [2.24, 2.45) is 0 Å². The molecule has 0 aliphatic carbocycles. The molecule has 0 spiro atoms. The van der Waals surface area contributed by atoms with Gasteiger partial charge in [-0.05, 0) is 0 Å². The zero-order chi connectivity index (χ0) is 8.01. The SMILES string of the molecule is O[C@@H]1[C@H](O)[C@@H](I)[C@@H]2OC[C@H]1O2. The maximum Gasteiger partial charge on any atom is 0.172 e. The summed E-state index contributed by atoms with van der Waals surface area (Å²) in [5.41, 5.74) is 0. The van der Waals surface area contributed by atoms with Gasteiger partial charge in [0.25, 0.3) is 0 Å². The molecular formula is C6H9IO4. The Bertz CT molecular complexity index is 145. The lowest BCUT2D eigenvalue weighted by Crippen LogP contribution is -2.51. The Morgan fingerprint density at radius 3 is 2.73 bits per heavy atom. The van der Waals surface area contributed by atoms with Crippen LogP contribution in [0.15, 0.2) is 0 Å². The van der Waals surface area contributed by atoms with Gasteiger partial charge in [0.15, 0.2) is 6.29 Å². The van der Waals surface area contributed by atoms with Crippen molar-refractivity contribution >= 4 is 22.6 Å². The fourth-order valence-corrected chi connectivity index (χ4v) is 2.16. The minimum Gasteiger partial charge on any atom is -0.389 e. The van der Waals surface area contributed by atoms with Gasteiger partial charge in [0.2, 0.25) is 0 Å². The van der Waals surface area contributed by atoms with E-state index in [1.54, 1.807) is 0 Å². The zero-order valence-corrected chi connectivity index (χ0v) is 7.84. The smallest absolute Gasteiger partial charge is 0.172 e. The second-order valence-corrected chi connectivity index (χ2v) is 4.24. The number of fused-ring (bicyclic) bond motifs is 2. The molecule has 64 valence electrons. The van der Waals surface area contributed by atoms with Crippen molar-refractivity contribution in [3.8, 4) is 0 Å². The third-order valence-electron chi connectivity index (χ3n) is 2.05. The normalized spacial score (nSPS) is 56.5. The van der Waals surface area contributed by atoms with Crippen LogP contribution in [0.2, 0.25) is 0 Å². The van der Waals surface area contributed by atoms with Gasteiger partial charge in [0.1, 0.15) is 12.2 Å². The van der Waals surface area contributed by atoms with Crippen LogP contribution < -0.4 is 0 Å². The van der Waals surface area contributed by atoms with E-state index in [0.717, 1.165) is 0 Å². The van der Waals surface area contributed by atoms with Crippen LogP contribution in [0.3, 0.4) is 0 Å². The van der Waals surface area contributed by atoms with E-state index in [4.69, 9.17) is 9.47 Å². The Hall–Kier alpha value is 0.570. The molecule has 2 fully saturated rings. The van der Waals surface area contributed by atoms with Crippen molar-refractivity contribution in [3.05, 3.63) is 0 Å². The maximum atomic E-state index is 9.41. The topological polar surface area (TPSA) is 58.9 Å². The van der Waals surface area contributed by atoms with Crippen molar-refractivity contribution in [1.82, 2.24) is 0 Å². The molecule has 0 amide bonds. The number of aliphatic hydroxyl groups is 2. The zero-order valence-electron chi connectivity index (χ0n) is 5.68. The summed E-state index contributed by atoms with van der Waals surface area (Å²) in [6.45, 7) is 0.391. The fourth-order valence-electron chi connectivity index (χ4n) is 1.36. The Morgan fingerprint density at radius 1 is 1.27 bits per heavy atom. The van der Waals surface area contributed by atoms with Crippen LogP contribution in [0, 0.1) is 0 Å². The van der Waals surface area contributed by atoms with Crippen molar-refractivity contribution < 1.29 is 19.7 Å². The van der Waals surface area contributed by atoms with Gasteiger partial charge in [-0.15, -0.1) is 0 Å².